The molecule has 1 aliphatic rings. The van der Waals surface area contributed by atoms with Crippen LogP contribution in [0, 0.1) is 11.8 Å². The van der Waals surface area contributed by atoms with Crippen LogP contribution in [0.15, 0.2) is 0 Å². The first-order valence-corrected chi connectivity index (χ1v) is 6.76. The van der Waals surface area contributed by atoms with Crippen molar-refractivity contribution in [1.82, 2.24) is 4.90 Å². The molecule has 0 spiro atoms. The van der Waals surface area contributed by atoms with Gasteiger partial charge in [-0.15, -0.1) is 0 Å². The van der Waals surface area contributed by atoms with Gasteiger partial charge in [-0.05, 0) is 43.5 Å². The summed E-state index contributed by atoms with van der Waals surface area (Å²) in [5.41, 5.74) is 0. The Labute approximate surface area is 94.7 Å². The summed E-state index contributed by atoms with van der Waals surface area (Å²) in [7, 11) is 0. The zero-order chi connectivity index (χ0) is 10.4. The number of piperidine rings is 1. The van der Waals surface area contributed by atoms with Crippen molar-refractivity contribution in [3.8, 4) is 0 Å². The number of likely N-dealkylation sites (tertiary alicyclic amines) is 1. The first kappa shape index (κ1) is 12.4. The number of hydrogen-bond donors (Lipinski definition) is 1. The van der Waals surface area contributed by atoms with Crippen LogP contribution in [-0.4, -0.2) is 30.3 Å². The van der Waals surface area contributed by atoms with Gasteiger partial charge in [-0.25, -0.2) is 0 Å². The Bertz CT molecular complexity index is 137. The largest absolute Gasteiger partial charge is 0.303 e. The average molecular weight is 215 g/mol. The van der Waals surface area contributed by atoms with Gasteiger partial charge in [0.1, 0.15) is 0 Å². The molecule has 84 valence electrons. The normalized spacial score (nSPS) is 22.5. The van der Waals surface area contributed by atoms with Gasteiger partial charge in [0.25, 0.3) is 0 Å². The summed E-state index contributed by atoms with van der Waals surface area (Å²) >= 11 is 4.40. The third-order valence-electron chi connectivity index (χ3n) is 3.64. The zero-order valence-corrected chi connectivity index (χ0v) is 10.6. The summed E-state index contributed by atoms with van der Waals surface area (Å²) in [6.45, 7) is 8.52. The summed E-state index contributed by atoms with van der Waals surface area (Å²) in [5, 5.41) is 0. The predicted molar refractivity (Wildman–Crippen MR) is 67.1 cm³/mol. The predicted octanol–water partition coefficient (Wildman–Crippen LogP) is 3.06. The molecule has 1 unspecified atom stereocenters. The van der Waals surface area contributed by atoms with Gasteiger partial charge in [0.15, 0.2) is 0 Å². The van der Waals surface area contributed by atoms with Crippen LogP contribution in [0.4, 0.5) is 0 Å². The molecule has 0 aliphatic carbocycles. The van der Waals surface area contributed by atoms with Crippen molar-refractivity contribution < 1.29 is 0 Å². The second kappa shape index (κ2) is 6.73. The van der Waals surface area contributed by atoms with E-state index in [1.807, 2.05) is 0 Å². The Hall–Kier alpha value is 0.310. The molecule has 1 aliphatic heterocycles. The maximum absolute atomic E-state index is 4.40. The van der Waals surface area contributed by atoms with E-state index in [0.717, 1.165) is 17.6 Å². The smallest absolute Gasteiger partial charge is 0.00174 e. The molecule has 0 aromatic carbocycles. The highest BCUT2D eigenvalue weighted by Crippen LogP contribution is 2.21. The number of thiol groups is 1. The van der Waals surface area contributed by atoms with E-state index in [0.29, 0.717) is 0 Å². The Morgan fingerprint density at radius 1 is 1.29 bits per heavy atom. The average Bonchev–Trinajstić information content (AvgIpc) is 2.26. The number of hydrogen-bond acceptors (Lipinski definition) is 2. The third kappa shape index (κ3) is 3.82. The summed E-state index contributed by atoms with van der Waals surface area (Å²) in [6.07, 6.45) is 5.48. The Kier molecular flexibility index (Phi) is 5.95. The Balaban J connectivity index is 2.21. The molecule has 1 atom stereocenters. The summed E-state index contributed by atoms with van der Waals surface area (Å²) < 4.78 is 0. The summed E-state index contributed by atoms with van der Waals surface area (Å²) in [4.78, 5) is 2.64. The second-order valence-electron chi connectivity index (χ2n) is 4.61. The minimum atomic E-state index is 0.802. The van der Waals surface area contributed by atoms with E-state index >= 15 is 0 Å². The molecular formula is C12H25NS. The molecule has 0 amide bonds. The highest BCUT2D eigenvalue weighted by molar-refractivity contribution is 7.80. The van der Waals surface area contributed by atoms with Gasteiger partial charge in [0.05, 0.1) is 0 Å². The van der Waals surface area contributed by atoms with E-state index in [4.69, 9.17) is 0 Å². The van der Waals surface area contributed by atoms with Crippen LogP contribution in [0.5, 0.6) is 0 Å². The molecule has 1 nitrogen and oxygen atoms in total. The zero-order valence-electron chi connectivity index (χ0n) is 9.71. The fourth-order valence-electron chi connectivity index (χ4n) is 2.26. The van der Waals surface area contributed by atoms with Gasteiger partial charge < -0.3 is 4.90 Å². The van der Waals surface area contributed by atoms with Crippen molar-refractivity contribution >= 4 is 12.6 Å². The fourth-order valence-corrected chi connectivity index (χ4v) is 2.63. The van der Waals surface area contributed by atoms with E-state index in [-0.39, 0.29) is 0 Å². The van der Waals surface area contributed by atoms with Crippen LogP contribution in [-0.2, 0) is 0 Å². The van der Waals surface area contributed by atoms with Gasteiger partial charge in [-0.1, -0.05) is 26.7 Å². The third-order valence-corrected chi connectivity index (χ3v) is 4.15. The van der Waals surface area contributed by atoms with Crippen molar-refractivity contribution in [3.05, 3.63) is 0 Å². The molecule has 2 heteroatoms. The minimum Gasteiger partial charge on any atom is -0.303 e. The van der Waals surface area contributed by atoms with Gasteiger partial charge in [0, 0.05) is 6.54 Å². The standard InChI is InChI=1S/C12H25NS/c1-3-11-5-7-13(8-6-11)9-12(4-2)10-14/h11-12,14H,3-10H2,1-2H3. The first-order chi connectivity index (χ1) is 6.80. The van der Waals surface area contributed by atoms with Crippen LogP contribution in [0.2, 0.25) is 0 Å². The molecule has 0 bridgehead atoms. The van der Waals surface area contributed by atoms with Crippen LogP contribution in [0.1, 0.15) is 39.5 Å². The topological polar surface area (TPSA) is 3.24 Å². The molecule has 1 rings (SSSR count). The van der Waals surface area contributed by atoms with Crippen molar-refractivity contribution in [1.29, 1.82) is 0 Å². The van der Waals surface area contributed by atoms with Crippen LogP contribution < -0.4 is 0 Å². The van der Waals surface area contributed by atoms with Gasteiger partial charge >= 0.3 is 0 Å². The summed E-state index contributed by atoms with van der Waals surface area (Å²) in [6, 6.07) is 0. The van der Waals surface area contributed by atoms with E-state index in [2.05, 4.69) is 31.4 Å². The van der Waals surface area contributed by atoms with Gasteiger partial charge in [0.2, 0.25) is 0 Å². The molecule has 0 N–H and O–H groups in total. The van der Waals surface area contributed by atoms with Gasteiger partial charge in [-0.3, -0.25) is 0 Å². The van der Waals surface area contributed by atoms with Gasteiger partial charge in [-0.2, -0.15) is 12.6 Å². The van der Waals surface area contributed by atoms with Crippen LogP contribution in [0.3, 0.4) is 0 Å². The maximum Gasteiger partial charge on any atom is 0.00174 e. The lowest BCUT2D eigenvalue weighted by atomic mass is 9.94. The molecule has 1 saturated heterocycles. The molecule has 0 radical (unpaired) electrons. The van der Waals surface area contributed by atoms with E-state index < -0.39 is 0 Å². The first-order valence-electron chi connectivity index (χ1n) is 6.13. The molecular weight excluding hydrogens is 190 g/mol. The van der Waals surface area contributed by atoms with E-state index in [9.17, 15) is 0 Å². The minimum absolute atomic E-state index is 0.802. The van der Waals surface area contributed by atoms with Crippen LogP contribution in [0.25, 0.3) is 0 Å². The quantitative estimate of drug-likeness (QED) is 0.690. The Morgan fingerprint density at radius 3 is 2.36 bits per heavy atom. The lowest BCUT2D eigenvalue weighted by molar-refractivity contribution is 0.162. The molecule has 1 heterocycles. The number of rotatable bonds is 5. The molecule has 14 heavy (non-hydrogen) atoms. The lowest BCUT2D eigenvalue weighted by Crippen LogP contribution is -2.37. The highest BCUT2D eigenvalue weighted by Gasteiger charge is 2.19. The maximum atomic E-state index is 4.40. The monoisotopic (exact) mass is 215 g/mol. The highest BCUT2D eigenvalue weighted by atomic mass is 32.1. The second-order valence-corrected chi connectivity index (χ2v) is 4.97. The molecule has 0 saturated carbocycles. The molecule has 0 aromatic heterocycles. The lowest BCUT2D eigenvalue weighted by Gasteiger charge is -2.33. The fraction of sp³-hybridized carbons (Fsp3) is 1.00. The molecule has 1 fully saturated rings. The van der Waals surface area contributed by atoms with E-state index in [1.54, 1.807) is 0 Å². The van der Waals surface area contributed by atoms with Crippen LogP contribution >= 0.6 is 12.6 Å². The SMILES string of the molecule is CCC1CCN(CC(CC)CS)CC1. The Morgan fingerprint density at radius 2 is 1.93 bits per heavy atom. The van der Waals surface area contributed by atoms with Crippen molar-refractivity contribution in [2.75, 3.05) is 25.4 Å². The van der Waals surface area contributed by atoms with Crippen molar-refractivity contribution in [2.24, 2.45) is 11.8 Å². The summed E-state index contributed by atoms with van der Waals surface area (Å²) in [5.74, 6) is 2.85. The number of nitrogens with zero attached hydrogens (tertiary/aromatic N) is 1. The molecule has 0 aromatic rings. The van der Waals surface area contributed by atoms with Crippen molar-refractivity contribution in [2.45, 2.75) is 39.5 Å². The van der Waals surface area contributed by atoms with Crippen molar-refractivity contribution in [3.63, 3.8) is 0 Å². The van der Waals surface area contributed by atoms with E-state index in [1.165, 1.54) is 45.3 Å².